The lowest BCUT2D eigenvalue weighted by Gasteiger charge is -2.09. The van der Waals surface area contributed by atoms with Gasteiger partial charge in [-0.15, -0.1) is 0 Å². The predicted molar refractivity (Wildman–Crippen MR) is 90.0 cm³/mol. The largest absolute Gasteiger partial charge is 0.376 e. The number of nitrogens with one attached hydrogen (secondary N) is 2. The van der Waals surface area contributed by atoms with Gasteiger partial charge in [0, 0.05) is 22.5 Å². The Morgan fingerprint density at radius 1 is 0.826 bits per heavy atom. The molecule has 0 bridgehead atoms. The first-order valence-corrected chi connectivity index (χ1v) is 7.21. The van der Waals surface area contributed by atoms with Crippen LogP contribution in [0.15, 0.2) is 48.5 Å². The normalized spacial score (nSPS) is 10.0. The molecule has 0 atom stereocenters. The Morgan fingerprint density at radius 3 is 2.09 bits per heavy atom. The second-order valence-electron chi connectivity index (χ2n) is 5.17. The van der Waals surface area contributed by atoms with Crippen molar-refractivity contribution < 1.29 is 14.4 Å². The third-order valence-corrected chi connectivity index (χ3v) is 3.30. The summed E-state index contributed by atoms with van der Waals surface area (Å²) in [5.41, 5.74) is 2.52. The van der Waals surface area contributed by atoms with Crippen molar-refractivity contribution in [3.63, 3.8) is 0 Å². The molecular formula is C18H18N2O3. The van der Waals surface area contributed by atoms with Gasteiger partial charge >= 0.3 is 0 Å². The molecule has 0 saturated carbocycles. The lowest BCUT2D eigenvalue weighted by Crippen LogP contribution is -2.21. The lowest BCUT2D eigenvalue weighted by molar-refractivity contribution is -0.114. The van der Waals surface area contributed by atoms with Gasteiger partial charge < -0.3 is 10.6 Å². The summed E-state index contributed by atoms with van der Waals surface area (Å²) in [6, 6.07) is 13.7. The Bertz CT molecular complexity index is 736. The van der Waals surface area contributed by atoms with E-state index in [9.17, 15) is 14.4 Å². The van der Waals surface area contributed by atoms with E-state index in [1.807, 2.05) is 0 Å². The van der Waals surface area contributed by atoms with Crippen LogP contribution >= 0.6 is 0 Å². The van der Waals surface area contributed by atoms with E-state index in [0.29, 0.717) is 22.5 Å². The van der Waals surface area contributed by atoms with Gasteiger partial charge in [-0.05, 0) is 50.2 Å². The van der Waals surface area contributed by atoms with Gasteiger partial charge in [0.05, 0.1) is 6.54 Å². The van der Waals surface area contributed by atoms with Crippen LogP contribution in [0.1, 0.15) is 34.6 Å². The van der Waals surface area contributed by atoms with Crippen LogP contribution in [0, 0.1) is 0 Å². The van der Waals surface area contributed by atoms with Gasteiger partial charge in [0.25, 0.3) is 0 Å². The smallest absolute Gasteiger partial charge is 0.243 e. The standard InChI is InChI=1S/C18H18N2O3/c1-12(21)14-6-8-16(9-7-14)20-18(23)11-19-17-5-3-4-15(10-17)13(2)22/h3-10,19H,11H2,1-2H3,(H,20,23). The molecule has 0 aliphatic rings. The molecule has 1 amide bonds. The minimum absolute atomic E-state index is 0.0186. The van der Waals surface area contributed by atoms with Gasteiger partial charge in [-0.2, -0.15) is 0 Å². The number of ketones is 2. The van der Waals surface area contributed by atoms with Gasteiger partial charge in [-0.25, -0.2) is 0 Å². The maximum absolute atomic E-state index is 11.9. The highest BCUT2D eigenvalue weighted by Gasteiger charge is 2.05. The molecule has 2 aromatic rings. The molecule has 2 aromatic carbocycles. The fourth-order valence-electron chi connectivity index (χ4n) is 2.02. The first-order chi connectivity index (χ1) is 11.0. The van der Waals surface area contributed by atoms with E-state index in [2.05, 4.69) is 10.6 Å². The van der Waals surface area contributed by atoms with Gasteiger partial charge in [-0.1, -0.05) is 12.1 Å². The van der Waals surface area contributed by atoms with E-state index in [4.69, 9.17) is 0 Å². The molecule has 5 heteroatoms. The predicted octanol–water partition coefficient (Wildman–Crippen LogP) is 3.14. The summed E-state index contributed by atoms with van der Waals surface area (Å²) in [7, 11) is 0. The molecule has 5 nitrogen and oxygen atoms in total. The summed E-state index contributed by atoms with van der Waals surface area (Å²) in [6.07, 6.45) is 0. The number of Topliss-reactive ketones (excluding diaryl/α,β-unsaturated/α-hetero) is 2. The van der Waals surface area contributed by atoms with E-state index in [0.717, 1.165) is 0 Å². The average Bonchev–Trinajstić information content (AvgIpc) is 2.53. The van der Waals surface area contributed by atoms with Crippen LogP contribution in [0.25, 0.3) is 0 Å². The summed E-state index contributed by atoms with van der Waals surface area (Å²) in [5, 5.41) is 5.71. The number of amides is 1. The first kappa shape index (κ1) is 16.4. The molecule has 0 spiro atoms. The Labute approximate surface area is 134 Å². The Kier molecular flexibility index (Phi) is 5.25. The maximum Gasteiger partial charge on any atom is 0.243 e. The van der Waals surface area contributed by atoms with Crippen molar-refractivity contribution in [3.05, 3.63) is 59.7 Å². The molecule has 0 fully saturated rings. The third-order valence-electron chi connectivity index (χ3n) is 3.30. The zero-order valence-electron chi connectivity index (χ0n) is 13.1. The summed E-state index contributed by atoms with van der Waals surface area (Å²) >= 11 is 0. The number of anilines is 2. The minimum atomic E-state index is -0.214. The van der Waals surface area contributed by atoms with Crippen LogP contribution in [-0.2, 0) is 4.79 Å². The fraction of sp³-hybridized carbons (Fsp3) is 0.167. The molecule has 0 saturated heterocycles. The number of hydrogen-bond acceptors (Lipinski definition) is 4. The number of rotatable bonds is 6. The molecule has 0 aromatic heterocycles. The number of carbonyl (C=O) groups is 3. The monoisotopic (exact) mass is 310 g/mol. The van der Waals surface area contributed by atoms with E-state index >= 15 is 0 Å². The van der Waals surface area contributed by atoms with Crippen LogP contribution in [0.5, 0.6) is 0 Å². The zero-order chi connectivity index (χ0) is 16.8. The molecular weight excluding hydrogens is 292 g/mol. The van der Waals surface area contributed by atoms with Crippen LogP contribution < -0.4 is 10.6 Å². The quantitative estimate of drug-likeness (QED) is 0.804. The molecule has 0 radical (unpaired) electrons. The minimum Gasteiger partial charge on any atom is -0.376 e. The first-order valence-electron chi connectivity index (χ1n) is 7.21. The molecule has 118 valence electrons. The third kappa shape index (κ3) is 4.78. The van der Waals surface area contributed by atoms with Gasteiger partial charge in [0.2, 0.25) is 5.91 Å². The zero-order valence-corrected chi connectivity index (χ0v) is 13.1. The van der Waals surface area contributed by atoms with Crippen molar-refractivity contribution in [1.29, 1.82) is 0 Å². The van der Waals surface area contributed by atoms with Crippen molar-refractivity contribution in [1.82, 2.24) is 0 Å². The SMILES string of the molecule is CC(=O)c1ccc(NC(=O)CNc2cccc(C(C)=O)c2)cc1. The molecule has 0 heterocycles. The van der Waals surface area contributed by atoms with Gasteiger partial charge in [-0.3, -0.25) is 14.4 Å². The number of carbonyl (C=O) groups excluding carboxylic acids is 3. The molecule has 0 aliphatic heterocycles. The van der Waals surface area contributed by atoms with Crippen molar-refractivity contribution in [3.8, 4) is 0 Å². The Balaban J connectivity index is 1.91. The highest BCUT2D eigenvalue weighted by molar-refractivity contribution is 5.97. The molecule has 0 aliphatic carbocycles. The summed E-state index contributed by atoms with van der Waals surface area (Å²) < 4.78 is 0. The van der Waals surface area contributed by atoms with Crippen molar-refractivity contribution in [2.75, 3.05) is 17.2 Å². The van der Waals surface area contributed by atoms with Gasteiger partial charge in [0.15, 0.2) is 11.6 Å². The summed E-state index contributed by atoms with van der Waals surface area (Å²) in [6.45, 7) is 3.07. The lowest BCUT2D eigenvalue weighted by atomic mass is 10.1. The van der Waals surface area contributed by atoms with E-state index in [-0.39, 0.29) is 24.0 Å². The summed E-state index contributed by atoms with van der Waals surface area (Å²) in [5.74, 6) is -0.257. The number of benzene rings is 2. The van der Waals surface area contributed by atoms with E-state index < -0.39 is 0 Å². The van der Waals surface area contributed by atoms with E-state index in [1.165, 1.54) is 13.8 Å². The van der Waals surface area contributed by atoms with Crippen molar-refractivity contribution in [2.24, 2.45) is 0 Å². The van der Waals surface area contributed by atoms with Crippen molar-refractivity contribution >= 4 is 28.8 Å². The maximum atomic E-state index is 11.9. The van der Waals surface area contributed by atoms with Crippen LogP contribution in [-0.4, -0.2) is 24.0 Å². The number of hydrogen-bond donors (Lipinski definition) is 2. The Morgan fingerprint density at radius 2 is 1.48 bits per heavy atom. The van der Waals surface area contributed by atoms with Crippen LogP contribution in [0.4, 0.5) is 11.4 Å². The molecule has 0 unspecified atom stereocenters. The second kappa shape index (κ2) is 7.35. The highest BCUT2D eigenvalue weighted by Crippen LogP contribution is 2.12. The molecule has 2 N–H and O–H groups in total. The molecule has 23 heavy (non-hydrogen) atoms. The second-order valence-corrected chi connectivity index (χ2v) is 5.17. The highest BCUT2D eigenvalue weighted by atomic mass is 16.2. The van der Waals surface area contributed by atoms with Crippen molar-refractivity contribution in [2.45, 2.75) is 13.8 Å². The fourth-order valence-corrected chi connectivity index (χ4v) is 2.02. The van der Waals surface area contributed by atoms with Crippen LogP contribution in [0.3, 0.4) is 0 Å². The van der Waals surface area contributed by atoms with Crippen LogP contribution in [0.2, 0.25) is 0 Å². The van der Waals surface area contributed by atoms with Gasteiger partial charge in [0.1, 0.15) is 0 Å². The summed E-state index contributed by atoms with van der Waals surface area (Å²) in [4.78, 5) is 34.4. The van der Waals surface area contributed by atoms with E-state index in [1.54, 1.807) is 48.5 Å². The topological polar surface area (TPSA) is 75.3 Å². The average molecular weight is 310 g/mol. The molecule has 2 rings (SSSR count). The Hall–Kier alpha value is -2.95.